The molecule has 34 heavy (non-hydrogen) atoms. The molecule has 0 spiro atoms. The van der Waals surface area contributed by atoms with Crippen molar-refractivity contribution in [3.63, 3.8) is 0 Å². The molecule has 4 N–H and O–H groups in total. The van der Waals surface area contributed by atoms with Gasteiger partial charge in [-0.3, -0.25) is 4.79 Å². The van der Waals surface area contributed by atoms with Crippen LogP contribution in [-0.4, -0.2) is 55.7 Å². The van der Waals surface area contributed by atoms with Crippen molar-refractivity contribution in [2.45, 2.75) is 68.9 Å². The number of hydrogen-bond acceptors (Lipinski definition) is 9. The Hall–Kier alpha value is -2.74. The van der Waals surface area contributed by atoms with Crippen molar-refractivity contribution in [1.82, 2.24) is 14.6 Å². The number of hydrogen-bond donors (Lipinski definition) is 3. The molecule has 2 aromatic rings. The van der Waals surface area contributed by atoms with Gasteiger partial charge in [-0.2, -0.15) is 10.4 Å². The summed E-state index contributed by atoms with van der Waals surface area (Å²) in [5.74, 6) is 2.10. The van der Waals surface area contributed by atoms with Crippen LogP contribution in [0.4, 0.5) is 5.82 Å². The summed E-state index contributed by atoms with van der Waals surface area (Å²) in [6, 6.07) is 5.17. The highest BCUT2D eigenvalue weighted by Crippen LogP contribution is 2.61. The van der Waals surface area contributed by atoms with Crippen LogP contribution in [0.5, 0.6) is 0 Å². The number of anilines is 1. The van der Waals surface area contributed by atoms with Gasteiger partial charge in [-0.15, -0.1) is 0 Å². The number of nitrogens with zero attached hydrogens (tertiary/aromatic N) is 4. The Balaban J connectivity index is 1.16. The molecule has 4 bridgehead atoms. The lowest BCUT2D eigenvalue weighted by molar-refractivity contribution is -0.158. The fraction of sp³-hybridized carbons (Fsp3) is 0.667. The van der Waals surface area contributed by atoms with Crippen LogP contribution in [0.15, 0.2) is 18.5 Å². The fourth-order valence-corrected chi connectivity index (χ4v) is 7.59. The number of carbonyl (C=O) groups excluding carboxylic acids is 1. The molecular weight excluding hydrogens is 438 g/mol. The van der Waals surface area contributed by atoms with E-state index < -0.39 is 23.9 Å². The maximum atomic E-state index is 12.8. The lowest BCUT2D eigenvalue weighted by Gasteiger charge is -2.56. The summed E-state index contributed by atoms with van der Waals surface area (Å²) >= 11 is 0. The average Bonchev–Trinajstić information content (AvgIpc) is 3.33. The molecule has 5 fully saturated rings. The lowest BCUT2D eigenvalue weighted by atomic mass is 9.49. The van der Waals surface area contributed by atoms with Crippen molar-refractivity contribution >= 4 is 17.3 Å². The molecule has 0 radical (unpaired) electrons. The maximum absolute atomic E-state index is 12.8. The normalized spacial score (nSPS) is 40.5. The van der Waals surface area contributed by atoms with Crippen molar-refractivity contribution in [1.29, 1.82) is 5.26 Å². The minimum atomic E-state index is -1.90. The number of aromatic nitrogens is 3. The van der Waals surface area contributed by atoms with Crippen LogP contribution in [-0.2, 0) is 19.9 Å². The Bertz CT molecular complexity index is 1140. The molecule has 0 amide bonds. The summed E-state index contributed by atoms with van der Waals surface area (Å²) in [6.45, 7) is -0.243. The van der Waals surface area contributed by atoms with Crippen LogP contribution in [0, 0.1) is 34.5 Å². The van der Waals surface area contributed by atoms with Crippen LogP contribution in [0.3, 0.4) is 0 Å². The van der Waals surface area contributed by atoms with Gasteiger partial charge in [0, 0.05) is 0 Å². The molecule has 10 nitrogen and oxygen atoms in total. The Morgan fingerprint density at radius 2 is 1.91 bits per heavy atom. The zero-order valence-electron chi connectivity index (χ0n) is 18.8. The summed E-state index contributed by atoms with van der Waals surface area (Å²) in [4.78, 5) is 16.7. The minimum absolute atomic E-state index is 0.0430. The highest BCUT2D eigenvalue weighted by Gasteiger charge is 2.58. The second kappa shape index (κ2) is 7.63. The fourth-order valence-electron chi connectivity index (χ4n) is 7.59. The molecule has 10 heteroatoms. The van der Waals surface area contributed by atoms with Gasteiger partial charge in [0.1, 0.15) is 42.8 Å². The summed E-state index contributed by atoms with van der Waals surface area (Å²) in [6.07, 6.45) is 4.76. The molecule has 4 aliphatic carbocycles. The summed E-state index contributed by atoms with van der Waals surface area (Å²) in [5, 5.41) is 35.6. The zero-order chi connectivity index (χ0) is 23.7. The largest absolute Gasteiger partial charge is 0.463 e. The summed E-state index contributed by atoms with van der Waals surface area (Å²) in [5.41, 5.74) is 4.69. The second-order valence-electron chi connectivity index (χ2n) is 10.9. The number of esters is 1. The van der Waals surface area contributed by atoms with Gasteiger partial charge in [0.25, 0.3) is 0 Å². The van der Waals surface area contributed by atoms with E-state index in [-0.39, 0.29) is 29.5 Å². The van der Waals surface area contributed by atoms with Gasteiger partial charge in [-0.05, 0) is 73.8 Å². The van der Waals surface area contributed by atoms with E-state index in [0.29, 0.717) is 11.9 Å². The predicted molar refractivity (Wildman–Crippen MR) is 118 cm³/mol. The number of nitrogens with two attached hydrogens (primary N) is 1. The number of aliphatic hydroxyl groups is 2. The Morgan fingerprint density at radius 1 is 1.24 bits per heavy atom. The van der Waals surface area contributed by atoms with Gasteiger partial charge in [0.2, 0.25) is 5.60 Å². The van der Waals surface area contributed by atoms with E-state index >= 15 is 0 Å². The smallest absolute Gasteiger partial charge is 0.306 e. The monoisotopic (exact) mass is 467 g/mol. The lowest BCUT2D eigenvalue weighted by Crippen LogP contribution is -2.47. The summed E-state index contributed by atoms with van der Waals surface area (Å²) < 4.78 is 12.8. The molecule has 1 saturated heterocycles. The first-order valence-electron chi connectivity index (χ1n) is 12.0. The van der Waals surface area contributed by atoms with E-state index in [2.05, 4.69) is 10.1 Å². The maximum Gasteiger partial charge on any atom is 0.306 e. The topological polar surface area (TPSA) is 156 Å². The molecule has 4 saturated carbocycles. The summed E-state index contributed by atoms with van der Waals surface area (Å²) in [7, 11) is 0. The van der Waals surface area contributed by atoms with E-state index in [1.54, 1.807) is 12.1 Å². The molecule has 0 aromatic carbocycles. The molecule has 2 aromatic heterocycles. The van der Waals surface area contributed by atoms with Crippen LogP contribution < -0.4 is 5.73 Å². The predicted octanol–water partition coefficient (Wildman–Crippen LogP) is 1.30. The van der Waals surface area contributed by atoms with E-state index in [0.717, 1.165) is 37.0 Å². The molecule has 180 valence electrons. The van der Waals surface area contributed by atoms with Gasteiger partial charge >= 0.3 is 5.97 Å². The third-order valence-electron chi connectivity index (χ3n) is 8.58. The first-order chi connectivity index (χ1) is 16.3. The quantitative estimate of drug-likeness (QED) is 0.552. The van der Waals surface area contributed by atoms with E-state index in [9.17, 15) is 20.3 Å². The Morgan fingerprint density at radius 3 is 2.56 bits per heavy atom. The van der Waals surface area contributed by atoms with Gasteiger partial charge in [0.05, 0.1) is 12.1 Å². The standard InChI is InChI=1S/C24H29N5O5/c25-11-24(18-2-1-16-22(26)27-12-28-29(16)18)21(32)20(31)17(34-24)10-33-19(30)9-23-6-13-3-14(7-23)5-15(4-13)8-23/h1-2,12-15,17,20-21,31-32H,3-10H2,(H2,26,27,28)/t13?,14?,15?,17-,20-,21-,23?,24+/m1/s1. The number of fused-ring (bicyclic) bond motifs is 1. The molecule has 3 heterocycles. The number of nitriles is 1. The zero-order valence-corrected chi connectivity index (χ0v) is 18.8. The van der Waals surface area contributed by atoms with Crippen molar-refractivity contribution in [2.24, 2.45) is 23.2 Å². The van der Waals surface area contributed by atoms with Crippen molar-refractivity contribution in [3.8, 4) is 6.07 Å². The first-order valence-corrected chi connectivity index (χ1v) is 12.0. The molecular formula is C24H29N5O5. The SMILES string of the molecule is N#C[C@@]1(c2ccc3c(N)ncnn23)O[C@H](COC(=O)CC23CC4CC(CC(C4)C2)C3)[C@@H](O)[C@H]1O. The number of carbonyl (C=O) groups is 1. The van der Waals surface area contributed by atoms with Gasteiger partial charge < -0.3 is 25.4 Å². The average molecular weight is 468 g/mol. The third-order valence-corrected chi connectivity index (χ3v) is 8.58. The number of rotatable bonds is 5. The van der Waals surface area contributed by atoms with E-state index in [1.165, 1.54) is 30.1 Å². The Labute approximate surface area is 196 Å². The van der Waals surface area contributed by atoms with Crippen LogP contribution >= 0.6 is 0 Å². The Kier molecular flexibility index (Phi) is 4.89. The third kappa shape index (κ3) is 3.21. The number of nitrogen functional groups attached to an aromatic ring is 1. The van der Waals surface area contributed by atoms with Crippen molar-refractivity contribution in [3.05, 3.63) is 24.2 Å². The highest BCUT2D eigenvalue weighted by atomic mass is 16.6. The minimum Gasteiger partial charge on any atom is -0.463 e. The molecule has 0 unspecified atom stereocenters. The van der Waals surface area contributed by atoms with Crippen LogP contribution in [0.25, 0.3) is 5.52 Å². The van der Waals surface area contributed by atoms with Gasteiger partial charge in [0.15, 0.2) is 5.82 Å². The van der Waals surface area contributed by atoms with Crippen LogP contribution in [0.2, 0.25) is 0 Å². The van der Waals surface area contributed by atoms with E-state index in [1.807, 2.05) is 6.07 Å². The van der Waals surface area contributed by atoms with Gasteiger partial charge in [-0.1, -0.05) is 0 Å². The number of ether oxygens (including phenoxy) is 2. The van der Waals surface area contributed by atoms with E-state index in [4.69, 9.17) is 15.2 Å². The van der Waals surface area contributed by atoms with Gasteiger partial charge in [-0.25, -0.2) is 9.50 Å². The number of aliphatic hydroxyl groups excluding tert-OH is 2. The molecule has 7 rings (SSSR count). The first kappa shape index (κ1) is 21.8. The van der Waals surface area contributed by atoms with Crippen LogP contribution in [0.1, 0.15) is 50.6 Å². The highest BCUT2D eigenvalue weighted by molar-refractivity contribution is 5.70. The molecule has 4 atom stereocenters. The van der Waals surface area contributed by atoms with Crippen molar-refractivity contribution < 1.29 is 24.5 Å². The van der Waals surface area contributed by atoms with Crippen molar-refractivity contribution in [2.75, 3.05) is 12.3 Å². The second-order valence-corrected chi connectivity index (χ2v) is 10.9. The molecule has 1 aliphatic heterocycles. The molecule has 5 aliphatic rings.